The van der Waals surface area contributed by atoms with Gasteiger partial charge in [0.1, 0.15) is 0 Å². The molecule has 2 aliphatic rings. The largest absolute Gasteiger partial charge is 0.354 e. The van der Waals surface area contributed by atoms with E-state index in [4.69, 9.17) is 0 Å². The molecule has 2 heterocycles. The molecule has 0 aliphatic carbocycles. The first-order valence-electron chi connectivity index (χ1n) is 8.26. The van der Waals surface area contributed by atoms with Gasteiger partial charge >= 0.3 is 0 Å². The van der Waals surface area contributed by atoms with Crippen LogP contribution in [0.1, 0.15) is 12.0 Å². The lowest BCUT2D eigenvalue weighted by Crippen LogP contribution is -2.56. The minimum Gasteiger partial charge on any atom is -0.354 e. The van der Waals surface area contributed by atoms with Crippen LogP contribution in [0.25, 0.3) is 0 Å². The summed E-state index contributed by atoms with van der Waals surface area (Å²) in [4.78, 5) is 26.1. The van der Waals surface area contributed by atoms with Gasteiger partial charge < -0.3 is 20.9 Å². The van der Waals surface area contributed by atoms with Gasteiger partial charge in [0.15, 0.2) is 0 Å². The molecule has 124 valence electrons. The lowest BCUT2D eigenvalue weighted by molar-refractivity contribution is -0.128. The van der Waals surface area contributed by atoms with Gasteiger partial charge in [-0.15, -0.1) is 0 Å². The van der Waals surface area contributed by atoms with Crippen molar-refractivity contribution in [2.45, 2.75) is 19.0 Å². The molecule has 2 aliphatic heterocycles. The highest BCUT2D eigenvalue weighted by Gasteiger charge is 2.30. The van der Waals surface area contributed by atoms with E-state index in [2.05, 4.69) is 16.0 Å². The van der Waals surface area contributed by atoms with Crippen molar-refractivity contribution in [1.82, 2.24) is 20.9 Å². The minimum absolute atomic E-state index is 0.0196. The molecule has 0 saturated carbocycles. The summed E-state index contributed by atoms with van der Waals surface area (Å²) in [5, 5.41) is 9.37. The number of carbonyl (C=O) groups excluding carboxylic acids is 2. The Hall–Kier alpha value is -1.92. The number of nitrogens with one attached hydrogen (secondary N) is 3. The summed E-state index contributed by atoms with van der Waals surface area (Å²) < 4.78 is 0. The van der Waals surface area contributed by atoms with Gasteiger partial charge in [0.05, 0.1) is 6.04 Å². The van der Waals surface area contributed by atoms with E-state index in [1.165, 1.54) is 0 Å². The second kappa shape index (κ2) is 7.57. The Morgan fingerprint density at radius 2 is 2.09 bits per heavy atom. The highest BCUT2D eigenvalue weighted by atomic mass is 16.2. The Morgan fingerprint density at radius 3 is 2.83 bits per heavy atom. The number of piperazine rings is 1. The minimum atomic E-state index is -0.165. The maximum atomic E-state index is 12.1. The third kappa shape index (κ3) is 4.30. The number of nitrogens with zero attached hydrogens (tertiary/aromatic N) is 1. The lowest BCUT2D eigenvalue weighted by Gasteiger charge is -2.24. The quantitative estimate of drug-likeness (QED) is 0.698. The zero-order chi connectivity index (χ0) is 16.1. The molecular weight excluding hydrogens is 292 g/mol. The standard InChI is InChI=1S/C17H24N4O2/c22-16-8-14(9-20-17(23)15-10-18-6-7-19-15)12-21(16)11-13-4-2-1-3-5-13/h1-5,14-15,18-19H,6-12H2,(H,20,23). The Morgan fingerprint density at radius 1 is 1.26 bits per heavy atom. The molecule has 1 aromatic carbocycles. The molecular formula is C17H24N4O2. The first-order chi connectivity index (χ1) is 11.2. The molecule has 2 saturated heterocycles. The summed E-state index contributed by atoms with van der Waals surface area (Å²) in [5.74, 6) is 0.392. The van der Waals surface area contributed by atoms with Crippen LogP contribution in [0.15, 0.2) is 30.3 Å². The van der Waals surface area contributed by atoms with Crippen LogP contribution in [0.2, 0.25) is 0 Å². The van der Waals surface area contributed by atoms with Gasteiger partial charge in [-0.3, -0.25) is 9.59 Å². The fraction of sp³-hybridized carbons (Fsp3) is 0.529. The predicted octanol–water partition coefficient (Wildman–Crippen LogP) is -0.287. The van der Waals surface area contributed by atoms with E-state index in [0.29, 0.717) is 32.6 Å². The number of likely N-dealkylation sites (tertiary alicyclic amines) is 1. The summed E-state index contributed by atoms with van der Waals surface area (Å²) in [6.07, 6.45) is 0.517. The molecule has 2 fully saturated rings. The molecule has 1 aromatic rings. The van der Waals surface area contributed by atoms with E-state index in [-0.39, 0.29) is 23.8 Å². The summed E-state index contributed by atoms with van der Waals surface area (Å²) >= 11 is 0. The number of carbonyl (C=O) groups is 2. The molecule has 0 bridgehead atoms. The predicted molar refractivity (Wildman–Crippen MR) is 87.6 cm³/mol. The molecule has 3 rings (SSSR count). The topological polar surface area (TPSA) is 73.5 Å². The number of rotatable bonds is 5. The molecule has 3 N–H and O–H groups in total. The maximum Gasteiger partial charge on any atom is 0.238 e. The van der Waals surface area contributed by atoms with Crippen LogP contribution < -0.4 is 16.0 Å². The summed E-state index contributed by atoms with van der Waals surface area (Å²) in [6.45, 7) is 4.30. The molecule has 2 unspecified atom stereocenters. The van der Waals surface area contributed by atoms with Crippen molar-refractivity contribution in [2.24, 2.45) is 5.92 Å². The van der Waals surface area contributed by atoms with E-state index in [1.54, 1.807) is 0 Å². The summed E-state index contributed by atoms with van der Waals surface area (Å²) in [6, 6.07) is 9.84. The van der Waals surface area contributed by atoms with Crippen molar-refractivity contribution < 1.29 is 9.59 Å². The van der Waals surface area contributed by atoms with Gasteiger partial charge in [-0.2, -0.15) is 0 Å². The fourth-order valence-electron chi connectivity index (χ4n) is 3.15. The van der Waals surface area contributed by atoms with Gasteiger partial charge in [0.25, 0.3) is 0 Å². The summed E-state index contributed by atoms with van der Waals surface area (Å²) in [5.41, 5.74) is 1.14. The Bertz CT molecular complexity index is 543. The van der Waals surface area contributed by atoms with Gasteiger partial charge in [0, 0.05) is 51.6 Å². The highest BCUT2D eigenvalue weighted by Crippen LogP contribution is 2.19. The van der Waals surface area contributed by atoms with Crippen LogP contribution in [-0.4, -0.2) is 55.5 Å². The third-order valence-electron chi connectivity index (χ3n) is 4.43. The van der Waals surface area contributed by atoms with Crippen LogP contribution in [0, 0.1) is 5.92 Å². The smallest absolute Gasteiger partial charge is 0.238 e. The number of hydrogen-bond donors (Lipinski definition) is 3. The van der Waals surface area contributed by atoms with Crippen molar-refractivity contribution in [3.05, 3.63) is 35.9 Å². The highest BCUT2D eigenvalue weighted by molar-refractivity contribution is 5.82. The number of benzene rings is 1. The fourth-order valence-corrected chi connectivity index (χ4v) is 3.15. The van der Waals surface area contributed by atoms with Crippen LogP contribution in [0.3, 0.4) is 0 Å². The molecule has 6 nitrogen and oxygen atoms in total. The van der Waals surface area contributed by atoms with Crippen LogP contribution in [0.4, 0.5) is 0 Å². The van der Waals surface area contributed by atoms with Gasteiger partial charge in [-0.05, 0) is 5.56 Å². The van der Waals surface area contributed by atoms with Crippen LogP contribution in [0.5, 0.6) is 0 Å². The summed E-state index contributed by atoms with van der Waals surface area (Å²) in [7, 11) is 0. The van der Waals surface area contributed by atoms with Gasteiger partial charge in [0.2, 0.25) is 11.8 Å². The average molecular weight is 316 g/mol. The van der Waals surface area contributed by atoms with Gasteiger partial charge in [-0.1, -0.05) is 30.3 Å². The lowest BCUT2D eigenvalue weighted by atomic mass is 10.1. The monoisotopic (exact) mass is 316 g/mol. The Balaban J connectivity index is 1.45. The third-order valence-corrected chi connectivity index (χ3v) is 4.43. The van der Waals surface area contributed by atoms with E-state index in [9.17, 15) is 9.59 Å². The van der Waals surface area contributed by atoms with E-state index < -0.39 is 0 Å². The zero-order valence-corrected chi connectivity index (χ0v) is 13.3. The molecule has 0 spiro atoms. The Labute approximate surface area is 136 Å². The van der Waals surface area contributed by atoms with Crippen molar-refractivity contribution in [1.29, 1.82) is 0 Å². The van der Waals surface area contributed by atoms with Crippen molar-refractivity contribution >= 4 is 11.8 Å². The SMILES string of the molecule is O=C(NCC1CC(=O)N(Cc2ccccc2)C1)C1CNCCN1. The van der Waals surface area contributed by atoms with Crippen LogP contribution >= 0.6 is 0 Å². The molecule has 23 heavy (non-hydrogen) atoms. The first kappa shape index (κ1) is 16.0. The number of amides is 2. The number of hydrogen-bond acceptors (Lipinski definition) is 4. The Kier molecular flexibility index (Phi) is 5.25. The molecule has 0 radical (unpaired) electrons. The second-order valence-electron chi connectivity index (χ2n) is 6.29. The molecule has 2 atom stereocenters. The average Bonchev–Trinajstić information content (AvgIpc) is 2.94. The van der Waals surface area contributed by atoms with E-state index in [0.717, 1.165) is 18.7 Å². The van der Waals surface area contributed by atoms with Crippen molar-refractivity contribution in [3.8, 4) is 0 Å². The van der Waals surface area contributed by atoms with E-state index in [1.807, 2.05) is 35.2 Å². The normalized spacial score (nSPS) is 24.7. The second-order valence-corrected chi connectivity index (χ2v) is 6.29. The zero-order valence-electron chi connectivity index (χ0n) is 13.3. The molecule has 2 amide bonds. The molecule has 0 aromatic heterocycles. The first-order valence-corrected chi connectivity index (χ1v) is 8.26. The van der Waals surface area contributed by atoms with Crippen molar-refractivity contribution in [2.75, 3.05) is 32.7 Å². The van der Waals surface area contributed by atoms with Gasteiger partial charge in [-0.25, -0.2) is 0 Å². The van der Waals surface area contributed by atoms with Crippen LogP contribution in [-0.2, 0) is 16.1 Å². The van der Waals surface area contributed by atoms with Crippen molar-refractivity contribution in [3.63, 3.8) is 0 Å². The maximum absolute atomic E-state index is 12.1. The molecule has 6 heteroatoms. The van der Waals surface area contributed by atoms with E-state index >= 15 is 0 Å².